The maximum Gasteiger partial charge on any atom is 0.272 e. The minimum atomic E-state index is -0.289. The minimum Gasteiger partial charge on any atom is -0.368 e. The molecule has 2 aromatic heterocycles. The van der Waals surface area contributed by atoms with Crippen LogP contribution in [0.15, 0.2) is 48.7 Å². The van der Waals surface area contributed by atoms with Crippen LogP contribution in [0.25, 0.3) is 11.1 Å². The van der Waals surface area contributed by atoms with E-state index in [0.29, 0.717) is 36.4 Å². The number of anilines is 1. The Morgan fingerprint density at radius 2 is 2.00 bits per heavy atom. The number of ether oxygens (including phenoxy) is 1. The number of rotatable bonds is 4. The number of halogens is 1. The quantitative estimate of drug-likeness (QED) is 0.618. The summed E-state index contributed by atoms with van der Waals surface area (Å²) in [7, 11) is 3.71. The van der Waals surface area contributed by atoms with Crippen molar-refractivity contribution in [3.05, 3.63) is 70.8 Å². The molecule has 1 aliphatic heterocycles. The number of morpholine rings is 1. The van der Waals surface area contributed by atoms with E-state index in [9.17, 15) is 4.79 Å². The maximum absolute atomic E-state index is 13.1. The average Bonchev–Trinajstić information content (AvgIpc) is 2.78. The van der Waals surface area contributed by atoms with Gasteiger partial charge in [-0.2, -0.15) is 0 Å². The van der Waals surface area contributed by atoms with E-state index in [1.165, 1.54) is 0 Å². The molecule has 4 rings (SSSR count). The van der Waals surface area contributed by atoms with Crippen molar-refractivity contribution in [3.63, 3.8) is 0 Å². The summed E-state index contributed by atoms with van der Waals surface area (Å²) >= 11 is 6.09. The Kier molecular flexibility index (Phi) is 6.15. The van der Waals surface area contributed by atoms with Crippen LogP contribution in [0.5, 0.6) is 0 Å². The van der Waals surface area contributed by atoms with Crippen molar-refractivity contribution in [1.82, 2.24) is 19.9 Å². The average molecular weight is 438 g/mol. The normalized spacial score (nSPS) is 16.3. The molecule has 0 bridgehead atoms. The van der Waals surface area contributed by atoms with Crippen molar-refractivity contribution in [2.75, 3.05) is 38.7 Å². The molecule has 0 saturated carbocycles. The van der Waals surface area contributed by atoms with Gasteiger partial charge in [-0.1, -0.05) is 29.8 Å². The highest BCUT2D eigenvalue weighted by molar-refractivity contribution is 6.30. The van der Waals surface area contributed by atoms with Gasteiger partial charge in [0, 0.05) is 43.1 Å². The Morgan fingerprint density at radius 1 is 1.16 bits per heavy atom. The zero-order chi connectivity index (χ0) is 22.0. The predicted octanol–water partition coefficient (Wildman–Crippen LogP) is 3.78. The molecule has 7 nitrogen and oxygen atoms in total. The van der Waals surface area contributed by atoms with Gasteiger partial charge in [0.1, 0.15) is 11.8 Å². The van der Waals surface area contributed by atoms with Crippen LogP contribution in [0, 0.1) is 6.92 Å². The second-order valence-corrected chi connectivity index (χ2v) is 8.12. The van der Waals surface area contributed by atoms with Crippen LogP contribution in [-0.4, -0.2) is 59.6 Å². The predicted molar refractivity (Wildman–Crippen MR) is 120 cm³/mol. The largest absolute Gasteiger partial charge is 0.368 e. The molecule has 0 spiro atoms. The summed E-state index contributed by atoms with van der Waals surface area (Å²) in [5, 5.41) is 0.684. The van der Waals surface area contributed by atoms with Crippen molar-refractivity contribution in [2.45, 2.75) is 13.0 Å². The first-order valence-corrected chi connectivity index (χ1v) is 10.4. The lowest BCUT2D eigenvalue weighted by Crippen LogP contribution is -2.42. The third kappa shape index (κ3) is 4.84. The maximum atomic E-state index is 13.1. The fraction of sp³-hybridized carbons (Fsp3) is 0.304. The van der Waals surface area contributed by atoms with Crippen LogP contribution in [0.3, 0.4) is 0 Å². The van der Waals surface area contributed by atoms with Gasteiger partial charge in [-0.25, -0.2) is 9.97 Å². The molecule has 1 saturated heterocycles. The van der Waals surface area contributed by atoms with E-state index in [-0.39, 0.29) is 12.0 Å². The zero-order valence-electron chi connectivity index (χ0n) is 17.7. The number of benzene rings is 1. The number of hydrogen-bond acceptors (Lipinski definition) is 6. The molecule has 1 aliphatic rings. The van der Waals surface area contributed by atoms with E-state index in [1.54, 1.807) is 15.9 Å². The molecule has 160 valence electrons. The van der Waals surface area contributed by atoms with Gasteiger partial charge in [0.2, 0.25) is 5.95 Å². The third-order valence-corrected chi connectivity index (χ3v) is 5.32. The summed E-state index contributed by atoms with van der Waals surface area (Å²) in [5.41, 5.74) is 3.91. The number of hydrogen-bond donors (Lipinski definition) is 0. The summed E-state index contributed by atoms with van der Waals surface area (Å²) in [6.45, 7) is 3.23. The van der Waals surface area contributed by atoms with Crippen molar-refractivity contribution in [3.8, 4) is 11.1 Å². The molecule has 0 radical (unpaired) electrons. The van der Waals surface area contributed by atoms with E-state index < -0.39 is 0 Å². The van der Waals surface area contributed by atoms with Crippen LogP contribution in [0.4, 0.5) is 5.95 Å². The van der Waals surface area contributed by atoms with Crippen LogP contribution < -0.4 is 4.90 Å². The molecular formula is C23H24ClN5O2. The van der Waals surface area contributed by atoms with Gasteiger partial charge in [0.25, 0.3) is 5.91 Å². The Morgan fingerprint density at radius 3 is 2.71 bits per heavy atom. The first kappa shape index (κ1) is 21.2. The number of nitrogens with zero attached hydrogens (tertiary/aromatic N) is 5. The lowest BCUT2D eigenvalue weighted by atomic mass is 10.1. The van der Waals surface area contributed by atoms with Crippen molar-refractivity contribution >= 4 is 23.5 Å². The molecule has 1 aromatic carbocycles. The van der Waals surface area contributed by atoms with Crippen LogP contribution in [-0.2, 0) is 4.74 Å². The number of carbonyl (C=O) groups excluding carboxylic acids is 1. The highest BCUT2D eigenvalue weighted by Crippen LogP contribution is 2.26. The highest BCUT2D eigenvalue weighted by atomic mass is 35.5. The van der Waals surface area contributed by atoms with Crippen LogP contribution in [0.1, 0.15) is 28.0 Å². The molecule has 3 heterocycles. The van der Waals surface area contributed by atoms with Gasteiger partial charge < -0.3 is 14.5 Å². The highest BCUT2D eigenvalue weighted by Gasteiger charge is 2.28. The molecule has 31 heavy (non-hydrogen) atoms. The standard InChI is InChI=1S/C23H24ClN5O2/c1-15-11-20(27-23(26-15)28(2)3)22(30)29-9-10-31-21(14-29)19-8-7-17(13-25-19)16-5-4-6-18(24)12-16/h4-8,11-13,21H,9-10,14H2,1-3H3/t21-/m1/s1. The van der Waals surface area contributed by atoms with E-state index in [4.69, 9.17) is 16.3 Å². The van der Waals surface area contributed by atoms with Gasteiger partial charge in [0.15, 0.2) is 0 Å². The van der Waals surface area contributed by atoms with Crippen LogP contribution >= 0.6 is 11.6 Å². The molecule has 1 atom stereocenters. The number of aromatic nitrogens is 3. The summed E-state index contributed by atoms with van der Waals surface area (Å²) in [6, 6.07) is 13.3. The monoisotopic (exact) mass is 437 g/mol. The van der Waals surface area contributed by atoms with Crippen molar-refractivity contribution in [1.29, 1.82) is 0 Å². The molecule has 1 fully saturated rings. The third-order valence-electron chi connectivity index (χ3n) is 5.09. The lowest BCUT2D eigenvalue weighted by Gasteiger charge is -2.32. The summed E-state index contributed by atoms with van der Waals surface area (Å²) < 4.78 is 5.91. The number of aryl methyl sites for hydroxylation is 1. The lowest BCUT2D eigenvalue weighted by molar-refractivity contribution is -0.0249. The summed E-state index contributed by atoms with van der Waals surface area (Å²) in [5.74, 6) is 0.392. The number of pyridine rings is 1. The SMILES string of the molecule is Cc1cc(C(=O)N2CCO[C@@H](c3ccc(-c4cccc(Cl)c4)cn3)C2)nc(N(C)C)n1. The van der Waals surface area contributed by atoms with Gasteiger partial charge >= 0.3 is 0 Å². The molecule has 0 aliphatic carbocycles. The topological polar surface area (TPSA) is 71.5 Å². The summed E-state index contributed by atoms with van der Waals surface area (Å²) in [6.07, 6.45) is 1.52. The molecule has 1 amide bonds. The first-order valence-electron chi connectivity index (χ1n) is 10.1. The molecule has 0 unspecified atom stereocenters. The zero-order valence-corrected chi connectivity index (χ0v) is 18.5. The smallest absolute Gasteiger partial charge is 0.272 e. The number of amides is 1. The Labute approximate surface area is 186 Å². The van der Waals surface area contributed by atoms with Gasteiger partial charge in [0.05, 0.1) is 18.8 Å². The van der Waals surface area contributed by atoms with E-state index in [1.807, 2.05) is 63.6 Å². The number of carbonyl (C=O) groups is 1. The van der Waals surface area contributed by atoms with Gasteiger partial charge in [-0.3, -0.25) is 9.78 Å². The Bertz CT molecular complexity index is 1090. The van der Waals surface area contributed by atoms with Crippen LogP contribution in [0.2, 0.25) is 5.02 Å². The molecule has 3 aromatic rings. The molecule has 8 heteroatoms. The fourth-order valence-electron chi connectivity index (χ4n) is 3.47. The van der Waals surface area contributed by atoms with E-state index >= 15 is 0 Å². The van der Waals surface area contributed by atoms with Crippen molar-refractivity contribution < 1.29 is 9.53 Å². The Hall–Kier alpha value is -3.03. The minimum absolute atomic E-state index is 0.127. The fourth-order valence-corrected chi connectivity index (χ4v) is 3.66. The van der Waals surface area contributed by atoms with Crippen molar-refractivity contribution in [2.24, 2.45) is 0 Å². The van der Waals surface area contributed by atoms with E-state index in [2.05, 4.69) is 15.0 Å². The van der Waals surface area contributed by atoms with Gasteiger partial charge in [-0.15, -0.1) is 0 Å². The van der Waals surface area contributed by atoms with Gasteiger partial charge in [-0.05, 0) is 36.8 Å². The van der Waals surface area contributed by atoms with E-state index in [0.717, 1.165) is 22.5 Å². The second kappa shape index (κ2) is 8.99. The molecular weight excluding hydrogens is 414 g/mol. The molecule has 0 N–H and O–H groups in total. The summed E-state index contributed by atoms with van der Waals surface area (Å²) in [4.78, 5) is 30.0. The second-order valence-electron chi connectivity index (χ2n) is 7.68. The Balaban J connectivity index is 1.50. The first-order chi connectivity index (χ1) is 14.9.